The third kappa shape index (κ3) is 5.30. The molecule has 1 spiro atoms. The summed E-state index contributed by atoms with van der Waals surface area (Å²) in [7, 11) is -3.30. The number of aromatic nitrogens is 3. The molecule has 1 N–H and O–H groups in total. The highest BCUT2D eigenvalue weighted by molar-refractivity contribution is 9.10. The lowest BCUT2D eigenvalue weighted by Crippen LogP contribution is -2.45. The van der Waals surface area contributed by atoms with Crippen LogP contribution < -0.4 is 9.80 Å². The van der Waals surface area contributed by atoms with E-state index in [4.69, 9.17) is 9.47 Å². The van der Waals surface area contributed by atoms with Crippen molar-refractivity contribution in [1.29, 1.82) is 0 Å². The fourth-order valence-electron chi connectivity index (χ4n) is 6.97. The second-order valence-corrected chi connectivity index (χ2v) is 16.7. The number of cyclic esters (lactones) is 1. The van der Waals surface area contributed by atoms with Crippen molar-refractivity contribution in [2.75, 3.05) is 29.6 Å². The predicted molar refractivity (Wildman–Crippen MR) is 164 cm³/mol. The smallest absolute Gasteiger partial charge is 0.414 e. The van der Waals surface area contributed by atoms with Crippen molar-refractivity contribution in [1.82, 2.24) is 15.0 Å². The zero-order valence-electron chi connectivity index (χ0n) is 24.4. The second-order valence-electron chi connectivity index (χ2n) is 12.0. The number of ether oxygens (including phenoxy) is 2. The molecule has 2 saturated heterocycles. The monoisotopic (exact) mass is 671 g/mol. The maximum atomic E-state index is 16.1. The Morgan fingerprint density at radius 2 is 1.95 bits per heavy atom. The van der Waals surface area contributed by atoms with Crippen LogP contribution in [-0.2, 0) is 39.4 Å². The number of fused-ring (bicyclic) bond motifs is 2. The molecule has 0 aliphatic carbocycles. The quantitative estimate of drug-likeness (QED) is 0.253. The Balaban J connectivity index is 1.30. The summed E-state index contributed by atoms with van der Waals surface area (Å²) in [5, 5.41) is 17.5. The first-order valence-electron chi connectivity index (χ1n) is 14.5. The summed E-state index contributed by atoms with van der Waals surface area (Å²) in [4.78, 5) is 29.9. The van der Waals surface area contributed by atoms with Crippen LogP contribution in [0.3, 0.4) is 0 Å². The van der Waals surface area contributed by atoms with Crippen LogP contribution in [0.15, 0.2) is 53.1 Å². The lowest BCUT2D eigenvalue weighted by atomic mass is 9.82. The first kappa shape index (κ1) is 29.9. The zero-order chi connectivity index (χ0) is 30.5. The number of hydrogen-bond donors (Lipinski definition) is 1. The molecule has 2 aromatic carbocycles. The number of carbonyl (C=O) groups excluding carboxylic acids is 2. The number of hydrogen-bond acceptors (Lipinski definition) is 7. The Labute approximate surface area is 259 Å². The average Bonchev–Trinajstić information content (AvgIpc) is 3.71. The summed E-state index contributed by atoms with van der Waals surface area (Å²) in [6.45, 7) is 6.92. The van der Waals surface area contributed by atoms with Crippen molar-refractivity contribution >= 4 is 47.7 Å². The summed E-state index contributed by atoms with van der Waals surface area (Å²) in [5.74, 6) is -0.601. The van der Waals surface area contributed by atoms with Crippen LogP contribution in [0.2, 0.25) is 18.6 Å². The number of benzene rings is 2. The minimum atomic E-state index is -3.30. The molecular formula is C30H35BrFN5O5Si. The Bertz CT molecular complexity index is 1530. The van der Waals surface area contributed by atoms with E-state index in [-0.39, 0.29) is 18.6 Å². The summed E-state index contributed by atoms with van der Waals surface area (Å²) < 4.78 is 30.5. The third-order valence-electron chi connectivity index (χ3n) is 8.87. The van der Waals surface area contributed by atoms with Gasteiger partial charge in [-0.15, -0.1) is 5.10 Å². The van der Waals surface area contributed by atoms with Crippen LogP contribution in [0.25, 0.3) is 0 Å². The van der Waals surface area contributed by atoms with Gasteiger partial charge in [-0.2, -0.15) is 0 Å². The molecule has 2 fully saturated rings. The standard InChI is InChI=1S/C30H35BrFN5O5Si/c1-19-27(43(2,3)32)26(10-12-35-18-22(11-14-38)33-34-35)42-30(19)24-16-21(31)6-9-25(24)37(28(30)39)17-20-4-7-23(8-5-20)36-13-15-41-29(36)40/h4-9,16,18-19,26-27,38H,10-15,17H2,1-3H3/t19-,26+,27-,30+/m1/s1. The van der Waals surface area contributed by atoms with Crippen molar-refractivity contribution in [3.63, 3.8) is 0 Å². The van der Waals surface area contributed by atoms with Gasteiger partial charge in [-0.3, -0.25) is 14.4 Å². The minimum absolute atomic E-state index is 0.0149. The highest BCUT2D eigenvalue weighted by Crippen LogP contribution is 2.60. The van der Waals surface area contributed by atoms with E-state index in [1.165, 1.54) is 0 Å². The number of aliphatic hydroxyl groups is 1. The van der Waals surface area contributed by atoms with E-state index in [1.54, 1.807) is 33.8 Å². The maximum Gasteiger partial charge on any atom is 0.414 e. The summed E-state index contributed by atoms with van der Waals surface area (Å²) >= 11 is 3.58. The molecule has 3 aliphatic heterocycles. The molecule has 228 valence electrons. The van der Waals surface area contributed by atoms with Crippen LogP contribution in [0.4, 0.5) is 20.3 Å². The van der Waals surface area contributed by atoms with Crippen LogP contribution in [0.5, 0.6) is 0 Å². The van der Waals surface area contributed by atoms with Crippen molar-refractivity contribution in [2.24, 2.45) is 5.92 Å². The van der Waals surface area contributed by atoms with E-state index in [2.05, 4.69) is 26.2 Å². The Morgan fingerprint density at radius 3 is 2.63 bits per heavy atom. The van der Waals surface area contributed by atoms with Gasteiger partial charge in [-0.1, -0.05) is 40.2 Å². The van der Waals surface area contributed by atoms with E-state index in [9.17, 15) is 14.7 Å². The molecular weight excluding hydrogens is 637 g/mol. The predicted octanol–water partition coefficient (Wildman–Crippen LogP) is 4.94. The van der Waals surface area contributed by atoms with E-state index in [0.717, 1.165) is 27.0 Å². The second kappa shape index (κ2) is 11.4. The lowest BCUT2D eigenvalue weighted by Gasteiger charge is -2.31. The van der Waals surface area contributed by atoms with Crippen molar-refractivity contribution in [2.45, 2.75) is 63.2 Å². The molecule has 13 heteroatoms. The van der Waals surface area contributed by atoms with Gasteiger partial charge >= 0.3 is 6.09 Å². The largest absolute Gasteiger partial charge is 0.447 e. The average molecular weight is 673 g/mol. The Kier molecular flexibility index (Phi) is 7.94. The number of anilines is 2. The van der Waals surface area contributed by atoms with Gasteiger partial charge in [0.05, 0.1) is 30.6 Å². The van der Waals surface area contributed by atoms with Gasteiger partial charge in [0.1, 0.15) is 6.61 Å². The molecule has 43 heavy (non-hydrogen) atoms. The molecule has 0 radical (unpaired) electrons. The van der Waals surface area contributed by atoms with Gasteiger partial charge in [0.2, 0.25) is 8.41 Å². The number of aliphatic hydroxyl groups excluding tert-OH is 1. The molecule has 6 rings (SSSR count). The highest BCUT2D eigenvalue weighted by atomic mass is 79.9. The van der Waals surface area contributed by atoms with Gasteiger partial charge in [-0.25, -0.2) is 4.79 Å². The van der Waals surface area contributed by atoms with Crippen LogP contribution >= 0.6 is 15.9 Å². The molecule has 1 aromatic heterocycles. The van der Waals surface area contributed by atoms with E-state index in [0.29, 0.717) is 44.8 Å². The summed E-state index contributed by atoms with van der Waals surface area (Å²) in [6, 6.07) is 13.3. The van der Waals surface area contributed by atoms with Crippen molar-refractivity contribution < 1.29 is 28.3 Å². The first-order valence-corrected chi connectivity index (χ1v) is 18.3. The molecule has 4 atom stereocenters. The van der Waals surface area contributed by atoms with E-state index in [1.807, 2.05) is 49.4 Å². The third-order valence-corrected chi connectivity index (χ3v) is 11.8. The molecule has 2 amide bonds. The molecule has 0 unspecified atom stereocenters. The van der Waals surface area contributed by atoms with Crippen LogP contribution in [0, 0.1) is 5.92 Å². The SMILES string of the molecule is C[C@@H]1[C@@H]([Si](C)(C)F)[C@H](CCn2cc(CCO)nn2)O[C@@]12C(=O)N(Cc1ccc(N3CCOC3=O)cc1)c1ccc(Br)cc12. The molecule has 3 aromatic rings. The lowest BCUT2D eigenvalue weighted by molar-refractivity contribution is -0.146. The van der Waals surface area contributed by atoms with Crippen LogP contribution in [-0.4, -0.2) is 66.4 Å². The fourth-order valence-corrected chi connectivity index (χ4v) is 9.88. The summed E-state index contributed by atoms with van der Waals surface area (Å²) in [5.41, 5.74) is 2.05. The van der Waals surface area contributed by atoms with E-state index >= 15 is 4.11 Å². The van der Waals surface area contributed by atoms with E-state index < -0.39 is 31.6 Å². The first-order chi connectivity index (χ1) is 20.5. The molecule has 3 aliphatic rings. The molecule has 10 nitrogen and oxygen atoms in total. The topological polar surface area (TPSA) is 110 Å². The number of halogens is 2. The van der Waals surface area contributed by atoms with Crippen molar-refractivity contribution in [3.8, 4) is 0 Å². The van der Waals surface area contributed by atoms with Gasteiger partial charge in [0.15, 0.2) is 5.60 Å². The Morgan fingerprint density at radius 1 is 1.19 bits per heavy atom. The normalized spacial score (nSPS) is 25.2. The van der Waals surface area contributed by atoms with Gasteiger partial charge in [0, 0.05) is 53.0 Å². The number of carbonyl (C=O) groups is 2. The number of nitrogens with zero attached hydrogens (tertiary/aromatic N) is 5. The van der Waals surface area contributed by atoms with Gasteiger partial charge in [0.25, 0.3) is 5.91 Å². The molecule has 0 saturated carbocycles. The fraction of sp³-hybridized carbons (Fsp3) is 0.467. The number of aryl methyl sites for hydroxylation is 1. The minimum Gasteiger partial charge on any atom is -0.447 e. The molecule has 0 bridgehead atoms. The van der Waals surface area contributed by atoms with Crippen molar-refractivity contribution in [3.05, 3.63) is 70.0 Å². The van der Waals surface area contributed by atoms with Crippen LogP contribution in [0.1, 0.15) is 30.2 Å². The Hall–Kier alpha value is -3.13. The van der Waals surface area contributed by atoms with Gasteiger partial charge < -0.3 is 23.6 Å². The summed E-state index contributed by atoms with van der Waals surface area (Å²) in [6.07, 6.45) is 1.80. The number of amides is 2. The number of rotatable bonds is 9. The van der Waals surface area contributed by atoms with Gasteiger partial charge in [-0.05, 0) is 55.4 Å². The highest BCUT2D eigenvalue weighted by Gasteiger charge is 2.66. The maximum absolute atomic E-state index is 16.1. The molecule has 4 heterocycles. The zero-order valence-corrected chi connectivity index (χ0v) is 27.0.